The minimum absolute atomic E-state index is 0.334. The van der Waals surface area contributed by atoms with Crippen molar-refractivity contribution in [2.45, 2.75) is 33.4 Å². The number of aryl methyl sites for hydroxylation is 2. The van der Waals surface area contributed by atoms with Crippen LogP contribution in [0.1, 0.15) is 35.6 Å². The summed E-state index contributed by atoms with van der Waals surface area (Å²) < 4.78 is 5.53. The van der Waals surface area contributed by atoms with Crippen LogP contribution in [0.2, 0.25) is 0 Å². The monoisotopic (exact) mass is 229 g/mol. The fourth-order valence-electron chi connectivity index (χ4n) is 1.81. The third kappa shape index (κ3) is 3.21. The molecule has 90 valence electrons. The second-order valence-corrected chi connectivity index (χ2v) is 4.53. The van der Waals surface area contributed by atoms with Crippen LogP contribution in [0.5, 0.6) is 0 Å². The molecule has 2 nitrogen and oxygen atoms in total. The Morgan fingerprint density at radius 3 is 2.35 bits per heavy atom. The smallest absolute Gasteiger partial charge is 0.117 e. The van der Waals surface area contributed by atoms with Gasteiger partial charge in [0, 0.05) is 6.04 Å². The lowest BCUT2D eigenvalue weighted by Crippen LogP contribution is -2.17. The van der Waals surface area contributed by atoms with Crippen molar-refractivity contribution >= 4 is 0 Å². The van der Waals surface area contributed by atoms with E-state index in [0.717, 1.165) is 18.1 Å². The maximum atomic E-state index is 5.53. The predicted molar refractivity (Wildman–Crippen MR) is 69.9 cm³/mol. The molecule has 0 aliphatic heterocycles. The first kappa shape index (κ1) is 11.9. The molecule has 17 heavy (non-hydrogen) atoms. The molecule has 0 unspecified atom stereocenters. The molecule has 1 aromatic heterocycles. The topological polar surface area (TPSA) is 25.2 Å². The molecular formula is C15H19NO. The summed E-state index contributed by atoms with van der Waals surface area (Å²) in [6.07, 6.45) is 0. The Kier molecular flexibility index (Phi) is 3.64. The van der Waals surface area contributed by atoms with Gasteiger partial charge in [0.25, 0.3) is 0 Å². The van der Waals surface area contributed by atoms with E-state index in [1.54, 1.807) is 0 Å². The Labute approximate surface area is 103 Å². The Morgan fingerprint density at radius 1 is 1.06 bits per heavy atom. The first-order chi connectivity index (χ1) is 8.15. The van der Waals surface area contributed by atoms with Crippen LogP contribution in [0, 0.1) is 13.8 Å². The van der Waals surface area contributed by atoms with Gasteiger partial charge in [-0.3, -0.25) is 0 Å². The van der Waals surface area contributed by atoms with Crippen LogP contribution in [-0.2, 0) is 6.54 Å². The molecule has 0 bridgehead atoms. The van der Waals surface area contributed by atoms with Crippen molar-refractivity contribution in [3.05, 3.63) is 59.0 Å². The summed E-state index contributed by atoms with van der Waals surface area (Å²) in [5, 5.41) is 3.45. The van der Waals surface area contributed by atoms with E-state index in [1.807, 2.05) is 19.1 Å². The number of hydrogen-bond acceptors (Lipinski definition) is 2. The molecule has 0 aliphatic carbocycles. The molecule has 1 N–H and O–H groups in total. The first-order valence-electron chi connectivity index (χ1n) is 6.00. The number of benzene rings is 1. The molecule has 0 amide bonds. The molecule has 2 aromatic rings. The highest BCUT2D eigenvalue weighted by Gasteiger charge is 2.05. The van der Waals surface area contributed by atoms with Crippen molar-refractivity contribution < 1.29 is 4.42 Å². The van der Waals surface area contributed by atoms with Gasteiger partial charge in [-0.2, -0.15) is 0 Å². The summed E-state index contributed by atoms with van der Waals surface area (Å²) in [5.74, 6) is 1.95. The lowest BCUT2D eigenvalue weighted by Gasteiger charge is -2.13. The summed E-state index contributed by atoms with van der Waals surface area (Å²) in [6, 6.07) is 13.0. The molecule has 2 rings (SSSR count). The highest BCUT2D eigenvalue weighted by atomic mass is 16.3. The lowest BCUT2D eigenvalue weighted by atomic mass is 10.1. The van der Waals surface area contributed by atoms with E-state index < -0.39 is 0 Å². The van der Waals surface area contributed by atoms with Crippen LogP contribution >= 0.6 is 0 Å². The second-order valence-electron chi connectivity index (χ2n) is 4.53. The average Bonchev–Trinajstić information content (AvgIpc) is 2.73. The number of nitrogens with one attached hydrogen (secondary N) is 1. The summed E-state index contributed by atoms with van der Waals surface area (Å²) in [4.78, 5) is 0. The Balaban J connectivity index is 1.93. The van der Waals surface area contributed by atoms with E-state index in [-0.39, 0.29) is 0 Å². The maximum Gasteiger partial charge on any atom is 0.117 e. The van der Waals surface area contributed by atoms with Crippen molar-refractivity contribution in [1.82, 2.24) is 5.32 Å². The van der Waals surface area contributed by atoms with E-state index in [2.05, 4.69) is 43.4 Å². The molecule has 2 heteroatoms. The van der Waals surface area contributed by atoms with Crippen LogP contribution < -0.4 is 5.32 Å². The fraction of sp³-hybridized carbons (Fsp3) is 0.333. The van der Waals surface area contributed by atoms with Crippen LogP contribution in [0.25, 0.3) is 0 Å². The number of furan rings is 1. The van der Waals surface area contributed by atoms with Gasteiger partial charge in [-0.15, -0.1) is 0 Å². The predicted octanol–water partition coefficient (Wildman–Crippen LogP) is 3.75. The average molecular weight is 229 g/mol. The van der Waals surface area contributed by atoms with Crippen molar-refractivity contribution in [2.75, 3.05) is 0 Å². The Bertz CT molecular complexity index is 470. The van der Waals surface area contributed by atoms with Crippen LogP contribution in [0.4, 0.5) is 0 Å². The summed E-state index contributed by atoms with van der Waals surface area (Å²) in [5.41, 5.74) is 2.60. The largest absolute Gasteiger partial charge is 0.465 e. The van der Waals surface area contributed by atoms with Gasteiger partial charge < -0.3 is 9.73 Å². The second kappa shape index (κ2) is 5.19. The molecule has 0 saturated heterocycles. The molecule has 1 aromatic carbocycles. The van der Waals surface area contributed by atoms with E-state index >= 15 is 0 Å². The zero-order valence-electron chi connectivity index (χ0n) is 10.7. The quantitative estimate of drug-likeness (QED) is 0.863. The molecule has 0 saturated carbocycles. The summed E-state index contributed by atoms with van der Waals surface area (Å²) in [7, 11) is 0. The molecule has 1 atom stereocenters. The standard InChI is InChI=1S/C15H19NO/c1-11-4-7-14(8-5-11)13(3)16-10-15-9-6-12(2)17-15/h4-9,13,16H,10H2,1-3H3/t13-/m1/s1. The minimum Gasteiger partial charge on any atom is -0.465 e. The van der Waals surface area contributed by atoms with Gasteiger partial charge in [0.15, 0.2) is 0 Å². The number of rotatable bonds is 4. The highest BCUT2D eigenvalue weighted by Crippen LogP contribution is 2.14. The van der Waals surface area contributed by atoms with Crippen molar-refractivity contribution in [3.8, 4) is 0 Å². The summed E-state index contributed by atoms with van der Waals surface area (Å²) >= 11 is 0. The molecule has 0 aliphatic rings. The van der Waals surface area contributed by atoms with Crippen molar-refractivity contribution in [1.29, 1.82) is 0 Å². The van der Waals surface area contributed by atoms with E-state index in [4.69, 9.17) is 4.42 Å². The zero-order chi connectivity index (χ0) is 12.3. The van der Waals surface area contributed by atoms with Gasteiger partial charge in [-0.1, -0.05) is 29.8 Å². The molecule has 0 fully saturated rings. The Morgan fingerprint density at radius 2 is 1.76 bits per heavy atom. The minimum atomic E-state index is 0.334. The Hall–Kier alpha value is -1.54. The molecule has 1 heterocycles. The highest BCUT2D eigenvalue weighted by molar-refractivity contribution is 5.23. The molecule has 0 spiro atoms. The normalized spacial score (nSPS) is 12.6. The van der Waals surface area contributed by atoms with Crippen LogP contribution in [0.3, 0.4) is 0 Å². The molecular weight excluding hydrogens is 210 g/mol. The van der Waals surface area contributed by atoms with Gasteiger partial charge in [0.2, 0.25) is 0 Å². The van der Waals surface area contributed by atoms with Crippen molar-refractivity contribution in [3.63, 3.8) is 0 Å². The number of hydrogen-bond donors (Lipinski definition) is 1. The maximum absolute atomic E-state index is 5.53. The van der Waals surface area contributed by atoms with E-state index in [0.29, 0.717) is 6.04 Å². The fourth-order valence-corrected chi connectivity index (χ4v) is 1.81. The zero-order valence-corrected chi connectivity index (χ0v) is 10.7. The van der Waals surface area contributed by atoms with E-state index in [1.165, 1.54) is 11.1 Å². The van der Waals surface area contributed by atoms with Gasteiger partial charge in [0.05, 0.1) is 6.54 Å². The van der Waals surface area contributed by atoms with Gasteiger partial charge in [-0.05, 0) is 38.5 Å². The third-order valence-corrected chi connectivity index (χ3v) is 2.96. The van der Waals surface area contributed by atoms with Crippen LogP contribution in [0.15, 0.2) is 40.8 Å². The van der Waals surface area contributed by atoms with Crippen LogP contribution in [-0.4, -0.2) is 0 Å². The first-order valence-corrected chi connectivity index (χ1v) is 6.00. The SMILES string of the molecule is Cc1ccc([C@@H](C)NCc2ccc(C)o2)cc1. The molecule has 0 radical (unpaired) electrons. The van der Waals surface area contributed by atoms with Crippen molar-refractivity contribution in [2.24, 2.45) is 0 Å². The van der Waals surface area contributed by atoms with Gasteiger partial charge in [-0.25, -0.2) is 0 Å². The van der Waals surface area contributed by atoms with Gasteiger partial charge >= 0.3 is 0 Å². The van der Waals surface area contributed by atoms with E-state index in [9.17, 15) is 0 Å². The lowest BCUT2D eigenvalue weighted by molar-refractivity contribution is 0.444. The summed E-state index contributed by atoms with van der Waals surface area (Å²) in [6.45, 7) is 7.00. The van der Waals surface area contributed by atoms with Gasteiger partial charge in [0.1, 0.15) is 11.5 Å². The third-order valence-electron chi connectivity index (χ3n) is 2.96.